The highest BCUT2D eigenvalue weighted by Gasteiger charge is 2.31. The molecule has 1 amide bonds. The Balaban J connectivity index is 1.49. The lowest BCUT2D eigenvalue weighted by atomic mass is 10.1. The fourth-order valence-corrected chi connectivity index (χ4v) is 4.87. The van der Waals surface area contributed by atoms with E-state index in [1.54, 1.807) is 53.4 Å². The van der Waals surface area contributed by atoms with Crippen LogP contribution in [0.15, 0.2) is 64.2 Å². The maximum atomic E-state index is 13.1. The third-order valence-electron chi connectivity index (χ3n) is 4.71. The molecule has 1 fully saturated rings. The summed E-state index contributed by atoms with van der Waals surface area (Å²) in [5.74, 6) is -0.184. The van der Waals surface area contributed by atoms with Crippen LogP contribution >= 0.6 is 15.9 Å². The molecule has 1 aliphatic rings. The van der Waals surface area contributed by atoms with E-state index in [0.717, 1.165) is 4.47 Å². The van der Waals surface area contributed by atoms with Crippen LogP contribution in [-0.2, 0) is 10.0 Å². The molecule has 9 nitrogen and oxygen atoms in total. The molecule has 0 atom stereocenters. The standard InChI is InChI=1S/C18H17BrN6O3S/c19-14-5-7-15(8-6-14)29(27,28)24-11-9-23(10-12-24)18(26)16-3-1-2-4-17(16)25-13-20-21-22-25/h1-8,13H,9-12H2. The van der Waals surface area contributed by atoms with Crippen LogP contribution in [0, 0.1) is 0 Å². The van der Waals surface area contributed by atoms with E-state index in [-0.39, 0.29) is 23.9 Å². The van der Waals surface area contributed by atoms with Gasteiger partial charge in [-0.25, -0.2) is 8.42 Å². The van der Waals surface area contributed by atoms with E-state index < -0.39 is 10.0 Å². The number of hydrogen-bond donors (Lipinski definition) is 0. The van der Waals surface area contributed by atoms with E-state index in [9.17, 15) is 13.2 Å². The fourth-order valence-electron chi connectivity index (χ4n) is 3.18. The second-order valence-corrected chi connectivity index (χ2v) is 9.28. The lowest BCUT2D eigenvalue weighted by Gasteiger charge is -2.34. The molecule has 0 bridgehead atoms. The molecule has 3 aromatic rings. The van der Waals surface area contributed by atoms with Crippen LogP contribution in [-0.4, -0.2) is 69.9 Å². The first-order chi connectivity index (χ1) is 14.0. The van der Waals surface area contributed by atoms with Crippen molar-refractivity contribution in [3.63, 3.8) is 0 Å². The van der Waals surface area contributed by atoms with E-state index in [2.05, 4.69) is 31.5 Å². The van der Waals surface area contributed by atoms with Gasteiger partial charge >= 0.3 is 0 Å². The zero-order chi connectivity index (χ0) is 20.4. The molecule has 29 heavy (non-hydrogen) atoms. The predicted octanol–water partition coefficient (Wildman–Crippen LogP) is 1.57. The molecule has 150 valence electrons. The number of piperazine rings is 1. The van der Waals surface area contributed by atoms with Gasteiger partial charge in [-0.2, -0.15) is 8.99 Å². The van der Waals surface area contributed by atoms with Crippen LogP contribution in [0.5, 0.6) is 0 Å². The Morgan fingerprint density at radius 1 is 0.966 bits per heavy atom. The van der Waals surface area contributed by atoms with Crippen molar-refractivity contribution in [2.45, 2.75) is 4.90 Å². The number of tetrazole rings is 1. The zero-order valence-corrected chi connectivity index (χ0v) is 17.6. The van der Waals surface area contributed by atoms with Gasteiger partial charge in [0.1, 0.15) is 6.33 Å². The Hall–Kier alpha value is -2.63. The molecule has 1 aromatic heterocycles. The average Bonchev–Trinajstić information content (AvgIpc) is 3.28. The first-order valence-electron chi connectivity index (χ1n) is 8.84. The largest absolute Gasteiger partial charge is 0.336 e. The number of nitrogens with zero attached hydrogens (tertiary/aromatic N) is 6. The van der Waals surface area contributed by atoms with Crippen LogP contribution in [0.4, 0.5) is 0 Å². The van der Waals surface area contributed by atoms with Gasteiger partial charge in [0.25, 0.3) is 5.91 Å². The van der Waals surface area contributed by atoms with E-state index in [4.69, 9.17) is 0 Å². The number of sulfonamides is 1. The highest BCUT2D eigenvalue weighted by molar-refractivity contribution is 9.10. The number of amides is 1. The Labute approximate surface area is 176 Å². The SMILES string of the molecule is O=C(c1ccccc1-n1cnnn1)N1CCN(S(=O)(=O)c2ccc(Br)cc2)CC1. The van der Waals surface area contributed by atoms with Gasteiger partial charge in [0.05, 0.1) is 16.1 Å². The molecule has 0 N–H and O–H groups in total. The van der Waals surface area contributed by atoms with Crippen molar-refractivity contribution in [3.8, 4) is 5.69 Å². The molecule has 0 saturated carbocycles. The van der Waals surface area contributed by atoms with Crippen molar-refractivity contribution in [2.24, 2.45) is 0 Å². The summed E-state index contributed by atoms with van der Waals surface area (Å²) in [7, 11) is -3.59. The maximum absolute atomic E-state index is 13.1. The van der Waals surface area contributed by atoms with Crippen LogP contribution in [0.2, 0.25) is 0 Å². The van der Waals surface area contributed by atoms with Gasteiger partial charge in [-0.1, -0.05) is 28.1 Å². The molecule has 4 rings (SSSR count). The molecule has 0 radical (unpaired) electrons. The van der Waals surface area contributed by atoms with Crippen molar-refractivity contribution in [3.05, 3.63) is 64.9 Å². The monoisotopic (exact) mass is 476 g/mol. The van der Waals surface area contributed by atoms with E-state index in [0.29, 0.717) is 24.3 Å². The van der Waals surface area contributed by atoms with Crippen molar-refractivity contribution in [2.75, 3.05) is 26.2 Å². The number of para-hydroxylation sites is 1. The average molecular weight is 477 g/mol. The first-order valence-corrected chi connectivity index (χ1v) is 11.1. The van der Waals surface area contributed by atoms with Crippen LogP contribution in [0.25, 0.3) is 5.69 Å². The Morgan fingerprint density at radius 2 is 1.66 bits per heavy atom. The van der Waals surface area contributed by atoms with Gasteiger partial charge in [0.15, 0.2) is 0 Å². The summed E-state index contributed by atoms with van der Waals surface area (Å²) in [6, 6.07) is 13.6. The van der Waals surface area contributed by atoms with Gasteiger partial charge in [0.2, 0.25) is 10.0 Å². The number of aromatic nitrogens is 4. The smallest absolute Gasteiger partial charge is 0.256 e. The van der Waals surface area contributed by atoms with E-state index >= 15 is 0 Å². The number of carbonyl (C=O) groups excluding carboxylic acids is 1. The van der Waals surface area contributed by atoms with Crippen molar-refractivity contribution in [1.82, 2.24) is 29.4 Å². The summed E-state index contributed by atoms with van der Waals surface area (Å²) in [6.45, 7) is 1.07. The molecule has 1 saturated heterocycles. The number of hydrogen-bond acceptors (Lipinski definition) is 6. The second kappa shape index (κ2) is 8.01. The first kappa shape index (κ1) is 19.7. The number of halogens is 1. The Bertz CT molecular complexity index is 1110. The molecule has 11 heteroatoms. The molecule has 2 heterocycles. The summed E-state index contributed by atoms with van der Waals surface area (Å²) < 4.78 is 29.3. The summed E-state index contributed by atoms with van der Waals surface area (Å²) in [6.07, 6.45) is 1.43. The molecule has 1 aliphatic heterocycles. The lowest BCUT2D eigenvalue weighted by Crippen LogP contribution is -2.50. The van der Waals surface area contributed by atoms with Crippen LogP contribution in [0.3, 0.4) is 0 Å². The molecular formula is C18H17BrN6O3S. The van der Waals surface area contributed by atoms with Gasteiger partial charge in [-0.3, -0.25) is 4.79 Å². The molecule has 0 spiro atoms. The lowest BCUT2D eigenvalue weighted by molar-refractivity contribution is 0.0697. The second-order valence-electron chi connectivity index (χ2n) is 6.42. The quantitative estimate of drug-likeness (QED) is 0.566. The van der Waals surface area contributed by atoms with Crippen molar-refractivity contribution < 1.29 is 13.2 Å². The number of carbonyl (C=O) groups is 1. The topological polar surface area (TPSA) is 101 Å². The maximum Gasteiger partial charge on any atom is 0.256 e. The molecule has 2 aromatic carbocycles. The van der Waals surface area contributed by atoms with Gasteiger partial charge < -0.3 is 4.90 Å². The minimum absolute atomic E-state index is 0.184. The molecule has 0 unspecified atom stereocenters. The zero-order valence-electron chi connectivity index (χ0n) is 15.2. The van der Waals surface area contributed by atoms with Gasteiger partial charge in [-0.15, -0.1) is 5.10 Å². The van der Waals surface area contributed by atoms with Crippen molar-refractivity contribution in [1.29, 1.82) is 0 Å². The van der Waals surface area contributed by atoms with E-state index in [1.165, 1.54) is 15.3 Å². The molecular weight excluding hydrogens is 460 g/mol. The van der Waals surface area contributed by atoms with Crippen LogP contribution < -0.4 is 0 Å². The Kier molecular flexibility index (Phi) is 5.43. The summed E-state index contributed by atoms with van der Waals surface area (Å²) in [4.78, 5) is 14.9. The normalized spacial score (nSPS) is 15.4. The van der Waals surface area contributed by atoms with Crippen LogP contribution in [0.1, 0.15) is 10.4 Å². The Morgan fingerprint density at radius 3 is 2.31 bits per heavy atom. The molecule has 0 aliphatic carbocycles. The van der Waals surface area contributed by atoms with Crippen molar-refractivity contribution >= 4 is 31.9 Å². The highest BCUT2D eigenvalue weighted by atomic mass is 79.9. The summed E-state index contributed by atoms with van der Waals surface area (Å²) in [5, 5.41) is 11.1. The number of benzene rings is 2. The minimum atomic E-state index is -3.59. The third-order valence-corrected chi connectivity index (χ3v) is 7.15. The highest BCUT2D eigenvalue weighted by Crippen LogP contribution is 2.21. The van der Waals surface area contributed by atoms with Gasteiger partial charge in [-0.05, 0) is 46.8 Å². The number of rotatable bonds is 4. The third kappa shape index (κ3) is 3.93. The summed E-state index contributed by atoms with van der Waals surface area (Å²) >= 11 is 3.31. The summed E-state index contributed by atoms with van der Waals surface area (Å²) in [5.41, 5.74) is 1.04. The van der Waals surface area contributed by atoms with E-state index in [1.807, 2.05) is 0 Å². The predicted molar refractivity (Wildman–Crippen MR) is 108 cm³/mol. The fraction of sp³-hybridized carbons (Fsp3) is 0.222. The minimum Gasteiger partial charge on any atom is -0.336 e. The van der Waals surface area contributed by atoms with Gasteiger partial charge in [0, 0.05) is 30.7 Å².